The molecule has 4 nitrogen and oxygen atoms in total. The van der Waals surface area contributed by atoms with Crippen LogP contribution in [0.4, 0.5) is 0 Å². The van der Waals surface area contributed by atoms with Gasteiger partial charge in [-0.3, -0.25) is 4.90 Å². The van der Waals surface area contributed by atoms with E-state index < -0.39 is 0 Å². The van der Waals surface area contributed by atoms with Crippen molar-refractivity contribution in [2.24, 2.45) is 11.8 Å². The average molecular weight is 266 g/mol. The van der Waals surface area contributed by atoms with Crippen LogP contribution in [0.3, 0.4) is 0 Å². The van der Waals surface area contributed by atoms with E-state index in [2.05, 4.69) is 17.1 Å². The molecular formula is C15H26N2O2. The van der Waals surface area contributed by atoms with E-state index in [-0.39, 0.29) is 5.79 Å². The SMILES string of the molecule is CC1C2CNCC2CN1C1CCC2(CC1)OCCO2. The highest BCUT2D eigenvalue weighted by Gasteiger charge is 2.47. The van der Waals surface area contributed by atoms with E-state index in [1.165, 1.54) is 32.5 Å². The van der Waals surface area contributed by atoms with Gasteiger partial charge in [0.25, 0.3) is 0 Å². The topological polar surface area (TPSA) is 33.7 Å². The lowest BCUT2D eigenvalue weighted by Crippen LogP contribution is -2.46. The van der Waals surface area contributed by atoms with Crippen LogP contribution >= 0.6 is 0 Å². The summed E-state index contributed by atoms with van der Waals surface area (Å²) in [4.78, 5) is 2.79. The lowest BCUT2D eigenvalue weighted by Gasteiger charge is -2.41. The zero-order valence-corrected chi connectivity index (χ0v) is 11.9. The third-order valence-corrected chi connectivity index (χ3v) is 5.98. The summed E-state index contributed by atoms with van der Waals surface area (Å²) in [6.45, 7) is 7.78. The Bertz CT molecular complexity index is 333. The molecule has 4 rings (SSSR count). The molecule has 0 radical (unpaired) electrons. The van der Waals surface area contributed by atoms with Gasteiger partial charge in [-0.1, -0.05) is 0 Å². The van der Waals surface area contributed by atoms with Crippen molar-refractivity contribution in [3.05, 3.63) is 0 Å². The van der Waals surface area contributed by atoms with Gasteiger partial charge in [0.1, 0.15) is 0 Å². The third kappa shape index (κ3) is 2.04. The fourth-order valence-electron chi connectivity index (χ4n) is 4.84. The van der Waals surface area contributed by atoms with Crippen molar-refractivity contribution in [3.8, 4) is 0 Å². The van der Waals surface area contributed by atoms with Crippen LogP contribution in [0.2, 0.25) is 0 Å². The molecule has 3 atom stereocenters. The molecule has 1 N–H and O–H groups in total. The molecule has 3 saturated heterocycles. The summed E-state index contributed by atoms with van der Waals surface area (Å²) in [6.07, 6.45) is 4.68. The number of rotatable bonds is 1. The van der Waals surface area contributed by atoms with Gasteiger partial charge in [0.15, 0.2) is 5.79 Å². The second kappa shape index (κ2) is 4.69. The molecule has 4 fully saturated rings. The van der Waals surface area contributed by atoms with Gasteiger partial charge in [0.2, 0.25) is 0 Å². The molecule has 3 unspecified atom stereocenters. The number of nitrogens with zero attached hydrogens (tertiary/aromatic N) is 1. The first-order chi connectivity index (χ1) is 9.27. The molecule has 1 saturated carbocycles. The van der Waals surface area contributed by atoms with Crippen molar-refractivity contribution in [2.75, 3.05) is 32.8 Å². The maximum Gasteiger partial charge on any atom is 0.168 e. The van der Waals surface area contributed by atoms with Crippen LogP contribution < -0.4 is 5.32 Å². The highest BCUT2D eigenvalue weighted by molar-refractivity contribution is 5.00. The van der Waals surface area contributed by atoms with Crippen molar-refractivity contribution in [3.63, 3.8) is 0 Å². The van der Waals surface area contributed by atoms with Gasteiger partial charge in [-0.15, -0.1) is 0 Å². The predicted octanol–water partition coefficient (Wildman–Crippen LogP) is 1.21. The molecule has 0 aromatic carbocycles. The molecule has 0 bridgehead atoms. The van der Waals surface area contributed by atoms with Crippen LogP contribution in [0.1, 0.15) is 32.6 Å². The number of hydrogen-bond acceptors (Lipinski definition) is 4. The van der Waals surface area contributed by atoms with Crippen molar-refractivity contribution in [1.82, 2.24) is 10.2 Å². The maximum absolute atomic E-state index is 5.84. The number of fused-ring (bicyclic) bond motifs is 1. The Morgan fingerprint density at radius 3 is 2.53 bits per heavy atom. The summed E-state index contributed by atoms with van der Waals surface area (Å²) in [6, 6.07) is 1.52. The standard InChI is InChI=1S/C15H26N2O2/c1-11-14-9-16-8-12(14)10-17(11)13-2-4-15(5-3-13)18-6-7-19-15/h11-14,16H,2-10H2,1H3. The largest absolute Gasteiger partial charge is 0.348 e. The zero-order valence-electron chi connectivity index (χ0n) is 11.9. The third-order valence-electron chi connectivity index (χ3n) is 5.98. The van der Waals surface area contributed by atoms with E-state index in [0.717, 1.165) is 50.0 Å². The first-order valence-electron chi connectivity index (χ1n) is 8.02. The Morgan fingerprint density at radius 2 is 1.84 bits per heavy atom. The van der Waals surface area contributed by atoms with Gasteiger partial charge in [-0.05, 0) is 44.7 Å². The zero-order chi connectivity index (χ0) is 12.9. The van der Waals surface area contributed by atoms with Gasteiger partial charge in [0.05, 0.1) is 13.2 Å². The molecule has 4 aliphatic rings. The molecule has 3 aliphatic heterocycles. The average Bonchev–Trinajstić information content (AvgIpc) is 3.11. The summed E-state index contributed by atoms with van der Waals surface area (Å²) in [5, 5.41) is 3.55. The van der Waals surface area contributed by atoms with Gasteiger partial charge >= 0.3 is 0 Å². The lowest BCUT2D eigenvalue weighted by atomic mass is 9.88. The van der Waals surface area contributed by atoms with Crippen LogP contribution in [-0.4, -0.2) is 55.6 Å². The van der Waals surface area contributed by atoms with Crippen LogP contribution in [0.25, 0.3) is 0 Å². The smallest absolute Gasteiger partial charge is 0.168 e. The molecule has 0 aromatic heterocycles. The normalized spacial score (nSPS) is 43.1. The molecule has 1 spiro atoms. The lowest BCUT2D eigenvalue weighted by molar-refractivity contribution is -0.184. The van der Waals surface area contributed by atoms with Gasteiger partial charge < -0.3 is 14.8 Å². The Balaban J connectivity index is 1.39. The van der Waals surface area contributed by atoms with Crippen molar-refractivity contribution >= 4 is 0 Å². The van der Waals surface area contributed by atoms with Gasteiger partial charge in [0, 0.05) is 31.5 Å². The van der Waals surface area contributed by atoms with E-state index in [0.29, 0.717) is 0 Å². The summed E-state index contributed by atoms with van der Waals surface area (Å²) in [5.74, 6) is 1.58. The quantitative estimate of drug-likeness (QED) is 0.773. The molecule has 3 heterocycles. The van der Waals surface area contributed by atoms with Crippen LogP contribution in [-0.2, 0) is 9.47 Å². The summed E-state index contributed by atoms with van der Waals surface area (Å²) in [7, 11) is 0. The first-order valence-corrected chi connectivity index (χ1v) is 8.02. The monoisotopic (exact) mass is 266 g/mol. The maximum atomic E-state index is 5.84. The van der Waals surface area contributed by atoms with Crippen molar-refractivity contribution in [1.29, 1.82) is 0 Å². The van der Waals surface area contributed by atoms with Crippen molar-refractivity contribution in [2.45, 2.75) is 50.5 Å². The Hall–Kier alpha value is -0.160. The van der Waals surface area contributed by atoms with Gasteiger partial charge in [-0.2, -0.15) is 0 Å². The van der Waals surface area contributed by atoms with E-state index in [1.54, 1.807) is 0 Å². The van der Waals surface area contributed by atoms with Crippen LogP contribution in [0.15, 0.2) is 0 Å². The summed E-state index contributed by atoms with van der Waals surface area (Å²) >= 11 is 0. The van der Waals surface area contributed by atoms with Gasteiger partial charge in [-0.25, -0.2) is 0 Å². The van der Waals surface area contributed by atoms with Crippen LogP contribution in [0.5, 0.6) is 0 Å². The highest BCUT2D eigenvalue weighted by atomic mass is 16.7. The summed E-state index contributed by atoms with van der Waals surface area (Å²) < 4.78 is 11.7. The number of hydrogen-bond donors (Lipinski definition) is 1. The molecule has 0 amide bonds. The minimum absolute atomic E-state index is 0.198. The number of likely N-dealkylation sites (tertiary alicyclic amines) is 1. The Kier molecular flexibility index (Phi) is 3.10. The Morgan fingerprint density at radius 1 is 1.11 bits per heavy atom. The van der Waals surface area contributed by atoms with E-state index in [4.69, 9.17) is 9.47 Å². The molecule has 1 aliphatic carbocycles. The fraction of sp³-hybridized carbons (Fsp3) is 1.00. The second-order valence-corrected chi connectivity index (χ2v) is 6.86. The number of ether oxygens (including phenoxy) is 2. The minimum atomic E-state index is -0.198. The number of nitrogens with one attached hydrogen (secondary N) is 1. The highest BCUT2D eigenvalue weighted by Crippen LogP contribution is 2.41. The minimum Gasteiger partial charge on any atom is -0.348 e. The summed E-state index contributed by atoms with van der Waals surface area (Å²) in [5.41, 5.74) is 0. The van der Waals surface area contributed by atoms with E-state index in [1.807, 2.05) is 0 Å². The predicted molar refractivity (Wildman–Crippen MR) is 72.9 cm³/mol. The molecule has 19 heavy (non-hydrogen) atoms. The Labute approximate surface area is 115 Å². The molecule has 0 aromatic rings. The molecule has 108 valence electrons. The first kappa shape index (κ1) is 12.6. The fourth-order valence-corrected chi connectivity index (χ4v) is 4.84. The second-order valence-electron chi connectivity index (χ2n) is 6.86. The van der Waals surface area contributed by atoms with E-state index >= 15 is 0 Å². The van der Waals surface area contributed by atoms with Crippen LogP contribution in [0, 0.1) is 11.8 Å². The molecule has 4 heteroatoms. The van der Waals surface area contributed by atoms with E-state index in [9.17, 15) is 0 Å². The van der Waals surface area contributed by atoms with Crippen molar-refractivity contribution < 1.29 is 9.47 Å². The molecular weight excluding hydrogens is 240 g/mol.